The fourth-order valence-corrected chi connectivity index (χ4v) is 3.21. The lowest BCUT2D eigenvalue weighted by Gasteiger charge is -2.13. The summed E-state index contributed by atoms with van der Waals surface area (Å²) in [5.41, 5.74) is 0.550. The van der Waals surface area contributed by atoms with Crippen LogP contribution in [0.1, 0.15) is 11.7 Å². The second kappa shape index (κ2) is 5.93. The Bertz CT molecular complexity index is 988. The van der Waals surface area contributed by atoms with Gasteiger partial charge >= 0.3 is 5.69 Å². The van der Waals surface area contributed by atoms with Gasteiger partial charge in [-0.05, 0) is 5.56 Å². The molecule has 3 aromatic rings. The van der Waals surface area contributed by atoms with Crippen LogP contribution in [0.25, 0.3) is 11.2 Å². The van der Waals surface area contributed by atoms with Gasteiger partial charge in [-0.2, -0.15) is 0 Å². The van der Waals surface area contributed by atoms with Gasteiger partial charge < -0.3 is 9.67 Å². The van der Waals surface area contributed by atoms with E-state index in [1.165, 1.54) is 11.6 Å². The van der Waals surface area contributed by atoms with Crippen LogP contribution in [0.15, 0.2) is 39.9 Å². The summed E-state index contributed by atoms with van der Waals surface area (Å²) in [7, 11) is 3.01. The van der Waals surface area contributed by atoms with Crippen molar-refractivity contribution in [2.24, 2.45) is 14.1 Å². The number of aliphatic hydroxyl groups excluding tert-OH is 1. The predicted octanol–water partition coefficient (Wildman–Crippen LogP) is 0.772. The van der Waals surface area contributed by atoms with E-state index in [1.807, 2.05) is 52.9 Å². The summed E-state index contributed by atoms with van der Waals surface area (Å²) < 4.78 is 4.58. The standard InChI is InChI=1S/C15H15IN4O3/c1-18-12-11(13(22)19(2)15(18)23)20(14(16)17-12)8-10(21)9-6-4-3-5-7-9/h3-7,10,21H,8H2,1-2H3. The maximum Gasteiger partial charge on any atom is 0.332 e. The highest BCUT2D eigenvalue weighted by molar-refractivity contribution is 14.1. The van der Waals surface area contributed by atoms with Crippen LogP contribution in [-0.4, -0.2) is 23.8 Å². The van der Waals surface area contributed by atoms with E-state index in [0.29, 0.717) is 15.0 Å². The van der Waals surface area contributed by atoms with Crippen LogP contribution in [-0.2, 0) is 20.6 Å². The zero-order chi connectivity index (χ0) is 16.7. The molecule has 23 heavy (non-hydrogen) atoms. The monoisotopic (exact) mass is 426 g/mol. The molecule has 7 nitrogen and oxygen atoms in total. The molecule has 8 heteroatoms. The van der Waals surface area contributed by atoms with Gasteiger partial charge in [0.05, 0.1) is 12.6 Å². The molecule has 0 radical (unpaired) electrons. The van der Waals surface area contributed by atoms with Crippen LogP contribution in [0, 0.1) is 3.83 Å². The van der Waals surface area contributed by atoms with E-state index in [9.17, 15) is 14.7 Å². The van der Waals surface area contributed by atoms with Gasteiger partial charge in [-0.3, -0.25) is 13.9 Å². The van der Waals surface area contributed by atoms with Crippen molar-refractivity contribution in [3.63, 3.8) is 0 Å². The molecule has 0 bridgehead atoms. The van der Waals surface area contributed by atoms with Crippen molar-refractivity contribution in [2.45, 2.75) is 12.6 Å². The van der Waals surface area contributed by atoms with Gasteiger partial charge in [0, 0.05) is 36.7 Å². The van der Waals surface area contributed by atoms with Crippen LogP contribution in [0.3, 0.4) is 0 Å². The minimum absolute atomic E-state index is 0.187. The lowest BCUT2D eigenvalue weighted by atomic mass is 10.1. The molecular weight excluding hydrogens is 411 g/mol. The van der Waals surface area contributed by atoms with E-state index in [-0.39, 0.29) is 6.54 Å². The maximum atomic E-state index is 12.5. The Morgan fingerprint density at radius 1 is 1.17 bits per heavy atom. The van der Waals surface area contributed by atoms with E-state index in [1.54, 1.807) is 11.6 Å². The lowest BCUT2D eigenvalue weighted by molar-refractivity contribution is 0.157. The van der Waals surface area contributed by atoms with Gasteiger partial charge in [0.1, 0.15) is 0 Å². The number of aliphatic hydroxyl groups is 1. The van der Waals surface area contributed by atoms with Gasteiger partial charge in [0.2, 0.25) is 0 Å². The molecule has 3 rings (SSSR count). The van der Waals surface area contributed by atoms with Crippen LogP contribution in [0.4, 0.5) is 0 Å². The van der Waals surface area contributed by atoms with Crippen LogP contribution >= 0.6 is 22.6 Å². The molecule has 0 fully saturated rings. The summed E-state index contributed by atoms with van der Waals surface area (Å²) in [5, 5.41) is 10.4. The zero-order valence-corrected chi connectivity index (χ0v) is 14.8. The summed E-state index contributed by atoms with van der Waals surface area (Å²) in [4.78, 5) is 28.8. The Morgan fingerprint density at radius 2 is 1.83 bits per heavy atom. The van der Waals surface area contributed by atoms with E-state index in [0.717, 1.165) is 10.1 Å². The molecule has 0 aliphatic rings. The molecule has 0 saturated heterocycles. The van der Waals surface area contributed by atoms with E-state index in [2.05, 4.69) is 4.98 Å². The summed E-state index contributed by atoms with van der Waals surface area (Å²) in [5.74, 6) is 0. The fourth-order valence-electron chi connectivity index (χ4n) is 2.54. The number of fused-ring (bicyclic) bond motifs is 1. The minimum atomic E-state index is -0.774. The van der Waals surface area contributed by atoms with Crippen LogP contribution < -0.4 is 11.2 Å². The Balaban J connectivity index is 2.17. The number of rotatable bonds is 3. The van der Waals surface area contributed by atoms with Crippen molar-refractivity contribution in [1.82, 2.24) is 18.7 Å². The van der Waals surface area contributed by atoms with Gasteiger partial charge in [0.15, 0.2) is 15.0 Å². The fraction of sp³-hybridized carbons (Fsp3) is 0.267. The molecule has 120 valence electrons. The van der Waals surface area contributed by atoms with Gasteiger partial charge in [-0.15, -0.1) is 0 Å². The predicted molar refractivity (Wildman–Crippen MR) is 94.3 cm³/mol. The van der Waals surface area contributed by atoms with Crippen LogP contribution in [0.5, 0.6) is 0 Å². The number of imidazole rings is 1. The largest absolute Gasteiger partial charge is 0.387 e. The Kier molecular flexibility index (Phi) is 4.11. The first-order valence-electron chi connectivity index (χ1n) is 6.96. The maximum absolute atomic E-state index is 12.5. The second-order valence-electron chi connectivity index (χ2n) is 5.30. The molecule has 0 aliphatic heterocycles. The van der Waals surface area contributed by atoms with Crippen molar-refractivity contribution in [3.05, 3.63) is 60.6 Å². The topological polar surface area (TPSA) is 82.0 Å². The number of benzene rings is 1. The third-order valence-electron chi connectivity index (χ3n) is 3.84. The zero-order valence-electron chi connectivity index (χ0n) is 12.6. The first-order chi connectivity index (χ1) is 10.9. The molecule has 0 aliphatic carbocycles. The SMILES string of the molecule is Cn1c(=O)c2c(nc(I)n2CC(O)c2ccccc2)n(C)c1=O. The minimum Gasteiger partial charge on any atom is -0.387 e. The highest BCUT2D eigenvalue weighted by atomic mass is 127. The molecule has 1 N–H and O–H groups in total. The van der Waals surface area contributed by atoms with Gasteiger partial charge in [-0.1, -0.05) is 30.3 Å². The summed E-state index contributed by atoms with van der Waals surface area (Å²) in [6.45, 7) is 0.187. The van der Waals surface area contributed by atoms with E-state index in [4.69, 9.17) is 0 Å². The Labute approximate surface area is 145 Å². The Morgan fingerprint density at radius 3 is 2.48 bits per heavy atom. The summed E-state index contributed by atoms with van der Waals surface area (Å²) in [6, 6.07) is 9.21. The third kappa shape index (κ3) is 2.61. The number of hydrogen-bond acceptors (Lipinski definition) is 4. The highest BCUT2D eigenvalue weighted by Crippen LogP contribution is 2.19. The van der Waals surface area contributed by atoms with Crippen molar-refractivity contribution < 1.29 is 5.11 Å². The molecule has 0 saturated carbocycles. The normalized spacial score (nSPS) is 12.7. The molecule has 2 aromatic heterocycles. The van der Waals surface area contributed by atoms with Gasteiger partial charge in [-0.25, -0.2) is 9.78 Å². The van der Waals surface area contributed by atoms with E-state index < -0.39 is 17.4 Å². The first-order valence-corrected chi connectivity index (χ1v) is 8.04. The summed E-state index contributed by atoms with van der Waals surface area (Å²) in [6.07, 6.45) is -0.774. The Hall–Kier alpha value is -1.94. The molecule has 0 amide bonds. The van der Waals surface area contributed by atoms with Crippen molar-refractivity contribution in [1.29, 1.82) is 0 Å². The highest BCUT2D eigenvalue weighted by Gasteiger charge is 2.20. The van der Waals surface area contributed by atoms with E-state index >= 15 is 0 Å². The molecular formula is C15H15IN4O3. The number of aromatic nitrogens is 4. The molecule has 0 spiro atoms. The van der Waals surface area contributed by atoms with Crippen molar-refractivity contribution in [2.75, 3.05) is 0 Å². The number of halogens is 1. The van der Waals surface area contributed by atoms with Crippen LogP contribution in [0.2, 0.25) is 0 Å². The summed E-state index contributed by atoms with van der Waals surface area (Å²) >= 11 is 2.00. The average molecular weight is 426 g/mol. The molecule has 2 heterocycles. The molecule has 1 aromatic carbocycles. The van der Waals surface area contributed by atoms with Gasteiger partial charge in [0.25, 0.3) is 5.56 Å². The number of hydrogen-bond donors (Lipinski definition) is 1. The quantitative estimate of drug-likeness (QED) is 0.496. The molecule has 1 unspecified atom stereocenters. The lowest BCUT2D eigenvalue weighted by Crippen LogP contribution is -2.37. The second-order valence-corrected chi connectivity index (χ2v) is 6.26. The van der Waals surface area contributed by atoms with Crippen molar-refractivity contribution in [3.8, 4) is 0 Å². The molecule has 1 atom stereocenters. The average Bonchev–Trinajstić information content (AvgIpc) is 2.88. The first kappa shape index (κ1) is 15.9. The third-order valence-corrected chi connectivity index (χ3v) is 4.66. The number of aryl methyl sites for hydroxylation is 1. The van der Waals surface area contributed by atoms with Crippen molar-refractivity contribution >= 4 is 33.8 Å². The number of nitrogens with zero attached hydrogens (tertiary/aromatic N) is 4. The smallest absolute Gasteiger partial charge is 0.332 e.